The van der Waals surface area contributed by atoms with Crippen LogP contribution in [0.5, 0.6) is 0 Å². The van der Waals surface area contributed by atoms with Gasteiger partial charge in [-0.3, -0.25) is 4.98 Å². The number of aliphatic hydroxyl groups is 1. The van der Waals surface area contributed by atoms with Gasteiger partial charge in [-0.2, -0.15) is 5.10 Å². The van der Waals surface area contributed by atoms with Gasteiger partial charge in [-0.1, -0.05) is 0 Å². The second-order valence-corrected chi connectivity index (χ2v) is 5.91. The molecule has 1 aliphatic heterocycles. The topological polar surface area (TPSA) is 78.3 Å². The van der Waals surface area contributed by atoms with Crippen LogP contribution < -0.4 is 9.80 Å². The molecular weight excluding hydrogens is 292 g/mol. The van der Waals surface area contributed by atoms with Crippen LogP contribution in [-0.2, 0) is 6.61 Å². The normalized spacial score (nSPS) is 18.0. The molecule has 1 N–H and O–H groups in total. The van der Waals surface area contributed by atoms with Crippen molar-refractivity contribution in [2.75, 3.05) is 29.9 Å². The Labute approximate surface area is 136 Å². The summed E-state index contributed by atoms with van der Waals surface area (Å²) in [4.78, 5) is 13.0. The third-order valence-electron chi connectivity index (χ3n) is 4.27. The maximum absolute atomic E-state index is 9.06. The van der Waals surface area contributed by atoms with Gasteiger partial charge in [-0.15, -0.1) is 5.10 Å². The maximum atomic E-state index is 9.06. The number of nitrogens with zero attached hydrogens (tertiary/aromatic N) is 6. The molecule has 1 atom stereocenters. The summed E-state index contributed by atoms with van der Waals surface area (Å²) in [7, 11) is 2.04. The predicted molar refractivity (Wildman–Crippen MR) is 88.4 cm³/mol. The van der Waals surface area contributed by atoms with E-state index >= 15 is 0 Å². The van der Waals surface area contributed by atoms with Gasteiger partial charge in [0.05, 0.1) is 30.4 Å². The van der Waals surface area contributed by atoms with Crippen molar-refractivity contribution in [3.63, 3.8) is 0 Å². The largest absolute Gasteiger partial charge is 0.390 e. The first-order valence-corrected chi connectivity index (χ1v) is 7.87. The van der Waals surface area contributed by atoms with Gasteiger partial charge in [0, 0.05) is 26.2 Å². The number of rotatable bonds is 4. The first-order chi connectivity index (χ1) is 11.2. The molecule has 2 aromatic rings. The molecule has 1 fully saturated rings. The summed E-state index contributed by atoms with van der Waals surface area (Å²) in [6.07, 6.45) is 5.55. The maximum Gasteiger partial charge on any atom is 0.151 e. The van der Waals surface area contributed by atoms with Crippen LogP contribution in [0.15, 0.2) is 24.5 Å². The highest BCUT2D eigenvalue weighted by Crippen LogP contribution is 2.22. The van der Waals surface area contributed by atoms with Crippen molar-refractivity contribution in [3.05, 3.63) is 35.9 Å². The molecule has 23 heavy (non-hydrogen) atoms. The van der Waals surface area contributed by atoms with E-state index < -0.39 is 0 Å². The van der Waals surface area contributed by atoms with E-state index in [1.165, 1.54) is 0 Å². The minimum absolute atomic E-state index is 0.0830. The fraction of sp³-hybridized carbons (Fsp3) is 0.500. The van der Waals surface area contributed by atoms with Crippen molar-refractivity contribution in [1.29, 1.82) is 0 Å². The summed E-state index contributed by atoms with van der Waals surface area (Å²) in [5, 5.41) is 17.5. The quantitative estimate of drug-likeness (QED) is 0.907. The number of likely N-dealkylation sites (N-methyl/N-ethyl adjacent to an activating group) is 1. The molecule has 1 aliphatic rings. The molecule has 0 saturated carbocycles. The van der Waals surface area contributed by atoms with Crippen LogP contribution in [0.4, 0.5) is 11.6 Å². The summed E-state index contributed by atoms with van der Waals surface area (Å²) in [6.45, 7) is 3.74. The van der Waals surface area contributed by atoms with Gasteiger partial charge in [0.2, 0.25) is 0 Å². The summed E-state index contributed by atoms with van der Waals surface area (Å²) in [5.74, 6) is 1.75. The Morgan fingerprint density at radius 2 is 2.13 bits per heavy atom. The highest BCUT2D eigenvalue weighted by molar-refractivity contribution is 5.42. The van der Waals surface area contributed by atoms with Gasteiger partial charge in [-0.25, -0.2) is 4.98 Å². The Bertz CT molecular complexity index is 630. The fourth-order valence-electron chi connectivity index (χ4n) is 2.84. The number of anilines is 2. The molecule has 0 radical (unpaired) electrons. The number of hydrogen-bond donors (Lipinski definition) is 1. The highest BCUT2D eigenvalue weighted by Gasteiger charge is 2.25. The van der Waals surface area contributed by atoms with Gasteiger partial charge in [-0.05, 0) is 31.9 Å². The molecule has 2 aromatic heterocycles. The van der Waals surface area contributed by atoms with Crippen molar-refractivity contribution in [2.45, 2.75) is 32.4 Å². The van der Waals surface area contributed by atoms with E-state index in [0.717, 1.165) is 43.3 Å². The summed E-state index contributed by atoms with van der Waals surface area (Å²) < 4.78 is 0. The van der Waals surface area contributed by atoms with Crippen LogP contribution in [0, 0.1) is 6.92 Å². The van der Waals surface area contributed by atoms with E-state index in [1.54, 1.807) is 12.4 Å². The lowest BCUT2D eigenvalue weighted by Crippen LogP contribution is -2.47. The lowest BCUT2D eigenvalue weighted by Gasteiger charge is -2.38. The van der Waals surface area contributed by atoms with Crippen LogP contribution >= 0.6 is 0 Å². The monoisotopic (exact) mass is 314 g/mol. The van der Waals surface area contributed by atoms with E-state index in [0.29, 0.717) is 11.7 Å². The number of piperidine rings is 1. The SMILES string of the molecule is Cc1ccc(N2CCCC(N(C)c3cnc(CO)cn3)C2)nn1. The molecule has 0 amide bonds. The van der Waals surface area contributed by atoms with Crippen LogP contribution in [0.3, 0.4) is 0 Å². The lowest BCUT2D eigenvalue weighted by atomic mass is 10.0. The minimum atomic E-state index is -0.0830. The van der Waals surface area contributed by atoms with Crippen LogP contribution in [0.1, 0.15) is 24.2 Å². The van der Waals surface area contributed by atoms with Crippen molar-refractivity contribution in [2.24, 2.45) is 0 Å². The average molecular weight is 314 g/mol. The fourth-order valence-corrected chi connectivity index (χ4v) is 2.84. The van der Waals surface area contributed by atoms with Gasteiger partial charge < -0.3 is 14.9 Å². The molecule has 122 valence electrons. The first-order valence-electron chi connectivity index (χ1n) is 7.87. The van der Waals surface area contributed by atoms with E-state index in [1.807, 2.05) is 26.1 Å². The molecular formula is C16H22N6O. The third kappa shape index (κ3) is 3.56. The second-order valence-electron chi connectivity index (χ2n) is 5.91. The second kappa shape index (κ2) is 6.87. The lowest BCUT2D eigenvalue weighted by molar-refractivity contribution is 0.276. The Morgan fingerprint density at radius 1 is 1.26 bits per heavy atom. The first kappa shape index (κ1) is 15.6. The van der Waals surface area contributed by atoms with Gasteiger partial charge in [0.1, 0.15) is 5.82 Å². The highest BCUT2D eigenvalue weighted by atomic mass is 16.3. The summed E-state index contributed by atoms with van der Waals surface area (Å²) in [5.41, 5.74) is 1.51. The van der Waals surface area contributed by atoms with Crippen molar-refractivity contribution < 1.29 is 5.11 Å². The van der Waals surface area contributed by atoms with Gasteiger partial charge in [0.25, 0.3) is 0 Å². The third-order valence-corrected chi connectivity index (χ3v) is 4.27. The smallest absolute Gasteiger partial charge is 0.151 e. The summed E-state index contributed by atoms with van der Waals surface area (Å²) in [6, 6.07) is 4.37. The number of aromatic nitrogens is 4. The van der Waals surface area contributed by atoms with Crippen molar-refractivity contribution in [1.82, 2.24) is 20.2 Å². The molecule has 1 saturated heterocycles. The molecule has 3 rings (SSSR count). The zero-order valence-corrected chi connectivity index (χ0v) is 13.6. The number of aryl methyl sites for hydroxylation is 1. The zero-order chi connectivity index (χ0) is 16.2. The van der Waals surface area contributed by atoms with Crippen LogP contribution in [0.25, 0.3) is 0 Å². The minimum Gasteiger partial charge on any atom is -0.390 e. The summed E-state index contributed by atoms with van der Waals surface area (Å²) >= 11 is 0. The molecule has 3 heterocycles. The Balaban J connectivity index is 1.70. The zero-order valence-electron chi connectivity index (χ0n) is 13.6. The van der Waals surface area contributed by atoms with Crippen LogP contribution in [-0.4, -0.2) is 51.5 Å². The molecule has 7 nitrogen and oxygen atoms in total. The molecule has 0 bridgehead atoms. The number of aliphatic hydroxyl groups excluding tert-OH is 1. The standard InChI is InChI=1S/C16H22N6O/c1-12-5-6-15(20-19-12)22-7-3-4-14(10-22)21(2)16-9-17-13(11-23)8-18-16/h5-6,8-9,14,23H,3-4,7,10-11H2,1-2H3. The van der Waals surface area contributed by atoms with E-state index in [-0.39, 0.29) is 6.61 Å². The van der Waals surface area contributed by atoms with Crippen molar-refractivity contribution in [3.8, 4) is 0 Å². The van der Waals surface area contributed by atoms with E-state index in [2.05, 4.69) is 30.0 Å². The molecule has 0 spiro atoms. The Morgan fingerprint density at radius 3 is 2.78 bits per heavy atom. The van der Waals surface area contributed by atoms with E-state index in [4.69, 9.17) is 5.11 Å². The average Bonchev–Trinajstić information content (AvgIpc) is 2.62. The molecule has 1 unspecified atom stereocenters. The van der Waals surface area contributed by atoms with Crippen LogP contribution in [0.2, 0.25) is 0 Å². The molecule has 7 heteroatoms. The van der Waals surface area contributed by atoms with Gasteiger partial charge in [0.15, 0.2) is 5.82 Å². The molecule has 0 aliphatic carbocycles. The van der Waals surface area contributed by atoms with Gasteiger partial charge >= 0.3 is 0 Å². The van der Waals surface area contributed by atoms with Crippen molar-refractivity contribution >= 4 is 11.6 Å². The predicted octanol–water partition coefficient (Wildman–Crippen LogP) is 1.17. The Hall–Kier alpha value is -2.28. The Kier molecular flexibility index (Phi) is 4.66. The number of hydrogen-bond acceptors (Lipinski definition) is 7. The molecule has 0 aromatic carbocycles. The van der Waals surface area contributed by atoms with E-state index in [9.17, 15) is 0 Å².